The van der Waals surface area contributed by atoms with Crippen LogP contribution in [-0.2, 0) is 19.9 Å². The first-order chi connectivity index (χ1) is 8.98. The Bertz CT molecular complexity index is 430. The molecular weight excluding hydrogens is 242 g/mol. The molecule has 0 saturated carbocycles. The van der Waals surface area contributed by atoms with Crippen molar-refractivity contribution in [3.63, 3.8) is 0 Å². The number of rotatable bonds is 6. The highest BCUT2D eigenvalue weighted by molar-refractivity contribution is 5.74. The Hall–Kier alpha value is -1.84. The molecule has 1 N–H and O–H groups in total. The summed E-state index contributed by atoms with van der Waals surface area (Å²) in [4.78, 5) is 22.8. The second-order valence-electron chi connectivity index (χ2n) is 4.68. The fourth-order valence-corrected chi connectivity index (χ4v) is 2.06. The van der Waals surface area contributed by atoms with Crippen LogP contribution in [0.5, 0.6) is 0 Å². The molecule has 1 unspecified atom stereocenters. The Morgan fingerprint density at radius 3 is 2.42 bits per heavy atom. The lowest BCUT2D eigenvalue weighted by molar-refractivity contribution is -0.143. The van der Waals surface area contributed by atoms with Crippen molar-refractivity contribution in [3.8, 4) is 0 Å². The van der Waals surface area contributed by atoms with E-state index in [0.717, 1.165) is 5.56 Å². The number of ether oxygens (including phenoxy) is 1. The molecule has 0 radical (unpaired) electrons. The highest BCUT2D eigenvalue weighted by Crippen LogP contribution is 2.26. The molecule has 0 aromatic heterocycles. The van der Waals surface area contributed by atoms with E-state index in [0.29, 0.717) is 13.0 Å². The van der Waals surface area contributed by atoms with Crippen LogP contribution in [-0.4, -0.2) is 18.5 Å². The zero-order valence-corrected chi connectivity index (χ0v) is 11.7. The molecule has 19 heavy (non-hydrogen) atoms. The van der Waals surface area contributed by atoms with Crippen LogP contribution >= 0.6 is 0 Å². The number of esters is 1. The van der Waals surface area contributed by atoms with E-state index in [4.69, 9.17) is 4.74 Å². The first-order valence-corrected chi connectivity index (χ1v) is 6.48. The van der Waals surface area contributed by atoms with Gasteiger partial charge in [-0.1, -0.05) is 30.3 Å². The number of benzene rings is 1. The summed E-state index contributed by atoms with van der Waals surface area (Å²) >= 11 is 0. The van der Waals surface area contributed by atoms with Gasteiger partial charge in [-0.15, -0.1) is 0 Å². The third kappa shape index (κ3) is 4.73. The smallest absolute Gasteiger partial charge is 0.305 e. The minimum atomic E-state index is -0.556. The molecule has 4 heteroatoms. The monoisotopic (exact) mass is 263 g/mol. The minimum absolute atomic E-state index is 0.116. The lowest BCUT2D eigenvalue weighted by Crippen LogP contribution is -2.42. The van der Waals surface area contributed by atoms with Gasteiger partial charge in [-0.05, 0) is 25.8 Å². The van der Waals surface area contributed by atoms with Gasteiger partial charge in [-0.2, -0.15) is 0 Å². The van der Waals surface area contributed by atoms with Crippen molar-refractivity contribution in [1.82, 2.24) is 5.32 Å². The summed E-state index contributed by atoms with van der Waals surface area (Å²) in [6.45, 7) is 5.55. The molecule has 0 bridgehead atoms. The molecule has 104 valence electrons. The predicted octanol–water partition coefficient (Wildman–Crippen LogP) is 2.38. The first-order valence-electron chi connectivity index (χ1n) is 6.48. The van der Waals surface area contributed by atoms with Gasteiger partial charge in [-0.3, -0.25) is 9.59 Å². The maximum Gasteiger partial charge on any atom is 0.305 e. The van der Waals surface area contributed by atoms with E-state index in [1.807, 2.05) is 37.3 Å². The number of amides is 1. The van der Waals surface area contributed by atoms with Crippen LogP contribution in [0.25, 0.3) is 0 Å². The van der Waals surface area contributed by atoms with Crippen molar-refractivity contribution in [1.29, 1.82) is 0 Å². The van der Waals surface area contributed by atoms with Crippen LogP contribution in [0.3, 0.4) is 0 Å². The highest BCUT2D eigenvalue weighted by Gasteiger charge is 2.28. The maximum atomic E-state index is 11.5. The van der Waals surface area contributed by atoms with Crippen LogP contribution in [0.2, 0.25) is 0 Å². The van der Waals surface area contributed by atoms with Crippen molar-refractivity contribution in [2.24, 2.45) is 0 Å². The van der Waals surface area contributed by atoms with Gasteiger partial charge in [0.05, 0.1) is 12.1 Å². The molecule has 1 amide bonds. The van der Waals surface area contributed by atoms with E-state index < -0.39 is 5.54 Å². The standard InChI is InChI=1S/C15H21NO3/c1-4-19-14(18)10-11-15(3,16-12(2)17)13-8-6-5-7-9-13/h5-9H,4,10-11H2,1-3H3,(H,16,17). The summed E-state index contributed by atoms with van der Waals surface area (Å²) in [7, 11) is 0. The number of nitrogens with one attached hydrogen (secondary N) is 1. The number of carbonyl (C=O) groups is 2. The van der Waals surface area contributed by atoms with Crippen LogP contribution in [0.4, 0.5) is 0 Å². The largest absolute Gasteiger partial charge is 0.466 e. The number of hydrogen-bond donors (Lipinski definition) is 1. The number of hydrogen-bond acceptors (Lipinski definition) is 3. The van der Waals surface area contributed by atoms with Crippen molar-refractivity contribution < 1.29 is 14.3 Å². The summed E-state index contributed by atoms with van der Waals surface area (Å²) in [6, 6.07) is 9.64. The SMILES string of the molecule is CCOC(=O)CCC(C)(NC(C)=O)c1ccccc1. The fourth-order valence-electron chi connectivity index (χ4n) is 2.06. The quantitative estimate of drug-likeness (QED) is 0.802. The Kier molecular flexibility index (Phi) is 5.55. The molecule has 0 saturated heterocycles. The Balaban J connectivity index is 2.82. The summed E-state index contributed by atoms with van der Waals surface area (Å²) in [5.41, 5.74) is 0.425. The van der Waals surface area contributed by atoms with Crippen LogP contribution in [0, 0.1) is 0 Å². The number of carbonyl (C=O) groups excluding carboxylic acids is 2. The lowest BCUT2D eigenvalue weighted by Gasteiger charge is -2.31. The second kappa shape index (κ2) is 6.92. The average molecular weight is 263 g/mol. The third-order valence-electron chi connectivity index (χ3n) is 3.00. The van der Waals surface area contributed by atoms with E-state index in [1.54, 1.807) is 6.92 Å². The summed E-state index contributed by atoms with van der Waals surface area (Å²) in [5.74, 6) is -0.356. The van der Waals surface area contributed by atoms with E-state index in [9.17, 15) is 9.59 Å². The zero-order chi connectivity index (χ0) is 14.3. The third-order valence-corrected chi connectivity index (χ3v) is 3.00. The van der Waals surface area contributed by atoms with Gasteiger partial charge in [0.2, 0.25) is 5.91 Å². The Labute approximate surface area is 114 Å². The van der Waals surface area contributed by atoms with Gasteiger partial charge in [-0.25, -0.2) is 0 Å². The summed E-state index contributed by atoms with van der Waals surface area (Å²) < 4.78 is 4.93. The van der Waals surface area contributed by atoms with Gasteiger partial charge in [0.25, 0.3) is 0 Å². The van der Waals surface area contributed by atoms with E-state index >= 15 is 0 Å². The van der Waals surface area contributed by atoms with Gasteiger partial charge in [0.15, 0.2) is 0 Å². The fraction of sp³-hybridized carbons (Fsp3) is 0.467. The van der Waals surface area contributed by atoms with Crippen LogP contribution in [0.15, 0.2) is 30.3 Å². The molecule has 1 atom stereocenters. The molecule has 0 heterocycles. The Morgan fingerprint density at radius 1 is 1.26 bits per heavy atom. The minimum Gasteiger partial charge on any atom is -0.466 e. The molecule has 0 aliphatic rings. The van der Waals surface area contributed by atoms with E-state index in [-0.39, 0.29) is 18.3 Å². The van der Waals surface area contributed by atoms with Gasteiger partial charge in [0.1, 0.15) is 0 Å². The molecule has 1 rings (SSSR count). The van der Waals surface area contributed by atoms with Gasteiger partial charge in [0, 0.05) is 13.3 Å². The normalized spacial score (nSPS) is 13.4. The zero-order valence-electron chi connectivity index (χ0n) is 11.7. The molecule has 0 aliphatic heterocycles. The van der Waals surface area contributed by atoms with Crippen molar-refractivity contribution in [3.05, 3.63) is 35.9 Å². The highest BCUT2D eigenvalue weighted by atomic mass is 16.5. The van der Waals surface area contributed by atoms with Crippen LogP contribution in [0.1, 0.15) is 39.2 Å². The molecule has 0 aliphatic carbocycles. The molecule has 4 nitrogen and oxygen atoms in total. The summed E-state index contributed by atoms with van der Waals surface area (Å²) in [6.07, 6.45) is 0.787. The molecule has 1 aromatic carbocycles. The summed E-state index contributed by atoms with van der Waals surface area (Å²) in [5, 5.41) is 2.92. The van der Waals surface area contributed by atoms with Crippen molar-refractivity contribution in [2.75, 3.05) is 6.61 Å². The van der Waals surface area contributed by atoms with Gasteiger partial charge >= 0.3 is 5.97 Å². The lowest BCUT2D eigenvalue weighted by atomic mass is 9.87. The van der Waals surface area contributed by atoms with Crippen molar-refractivity contribution >= 4 is 11.9 Å². The molecule has 0 fully saturated rings. The predicted molar refractivity (Wildman–Crippen MR) is 73.5 cm³/mol. The first kappa shape index (κ1) is 15.2. The maximum absolute atomic E-state index is 11.5. The Morgan fingerprint density at radius 2 is 1.89 bits per heavy atom. The van der Waals surface area contributed by atoms with Gasteiger partial charge < -0.3 is 10.1 Å². The van der Waals surface area contributed by atoms with Crippen molar-refractivity contribution in [2.45, 2.75) is 39.2 Å². The second-order valence-corrected chi connectivity index (χ2v) is 4.68. The van der Waals surface area contributed by atoms with Crippen LogP contribution < -0.4 is 5.32 Å². The topological polar surface area (TPSA) is 55.4 Å². The molecular formula is C15H21NO3. The van der Waals surface area contributed by atoms with E-state index in [1.165, 1.54) is 6.92 Å². The molecule has 1 aromatic rings. The molecule has 0 spiro atoms. The average Bonchev–Trinajstić information content (AvgIpc) is 2.37. The van der Waals surface area contributed by atoms with E-state index in [2.05, 4.69) is 5.32 Å².